The fourth-order valence-corrected chi connectivity index (χ4v) is 1.55. The molecule has 2 aromatic rings. The second-order valence-corrected chi connectivity index (χ2v) is 3.68. The molecule has 0 aliphatic heterocycles. The highest BCUT2D eigenvalue weighted by Crippen LogP contribution is 2.17. The number of nitrogens with zero attached hydrogens (tertiary/aromatic N) is 1. The fraction of sp³-hybridized carbons (Fsp3) is 0.167. The van der Waals surface area contributed by atoms with Gasteiger partial charge in [0.2, 0.25) is 0 Å². The Morgan fingerprint density at radius 3 is 2.76 bits per heavy atom. The molecule has 1 aromatic carbocycles. The average Bonchev–Trinajstić information content (AvgIpc) is 2.75. The molecule has 0 aliphatic rings. The van der Waals surface area contributed by atoms with Crippen molar-refractivity contribution in [1.82, 2.24) is 10.2 Å². The SMILES string of the molecule is CNc1ccccc1C(=O)Nc1[nH]ncc1C. The first-order valence-corrected chi connectivity index (χ1v) is 5.30. The molecule has 0 saturated carbocycles. The smallest absolute Gasteiger partial charge is 0.258 e. The first kappa shape index (κ1) is 11.2. The number of hydrogen-bond acceptors (Lipinski definition) is 3. The number of carbonyl (C=O) groups excluding carboxylic acids is 1. The molecule has 1 amide bonds. The fourth-order valence-electron chi connectivity index (χ4n) is 1.55. The van der Waals surface area contributed by atoms with Gasteiger partial charge in [0.15, 0.2) is 0 Å². The molecular weight excluding hydrogens is 216 g/mol. The molecule has 0 aliphatic carbocycles. The zero-order chi connectivity index (χ0) is 12.3. The van der Waals surface area contributed by atoms with Gasteiger partial charge in [-0.25, -0.2) is 0 Å². The van der Waals surface area contributed by atoms with Crippen LogP contribution in [0.4, 0.5) is 11.5 Å². The van der Waals surface area contributed by atoms with Crippen LogP contribution in [0.1, 0.15) is 15.9 Å². The van der Waals surface area contributed by atoms with Crippen molar-refractivity contribution < 1.29 is 4.79 Å². The highest BCUT2D eigenvalue weighted by Gasteiger charge is 2.11. The third-order valence-corrected chi connectivity index (χ3v) is 2.51. The third kappa shape index (κ3) is 2.28. The van der Waals surface area contributed by atoms with E-state index in [2.05, 4.69) is 20.8 Å². The molecule has 0 radical (unpaired) electrons. The Balaban J connectivity index is 2.23. The number of carbonyl (C=O) groups is 1. The lowest BCUT2D eigenvalue weighted by molar-refractivity contribution is 0.102. The number of anilines is 2. The Morgan fingerprint density at radius 1 is 1.35 bits per heavy atom. The van der Waals surface area contributed by atoms with E-state index < -0.39 is 0 Å². The van der Waals surface area contributed by atoms with Gasteiger partial charge >= 0.3 is 0 Å². The quantitative estimate of drug-likeness (QED) is 0.755. The topological polar surface area (TPSA) is 69.8 Å². The first-order chi connectivity index (χ1) is 8.22. The minimum Gasteiger partial charge on any atom is -0.387 e. The van der Waals surface area contributed by atoms with Gasteiger partial charge in [0.05, 0.1) is 11.8 Å². The Bertz CT molecular complexity index is 533. The van der Waals surface area contributed by atoms with Crippen molar-refractivity contribution in [2.75, 3.05) is 17.7 Å². The summed E-state index contributed by atoms with van der Waals surface area (Å²) < 4.78 is 0. The molecule has 5 nitrogen and oxygen atoms in total. The number of H-pyrrole nitrogens is 1. The Hall–Kier alpha value is -2.30. The number of nitrogens with one attached hydrogen (secondary N) is 3. The Kier molecular flexibility index (Phi) is 3.09. The van der Waals surface area contributed by atoms with Crippen molar-refractivity contribution in [3.8, 4) is 0 Å². The molecule has 0 fully saturated rings. The van der Waals surface area contributed by atoms with Crippen molar-refractivity contribution in [2.45, 2.75) is 6.92 Å². The highest BCUT2D eigenvalue weighted by molar-refractivity contribution is 6.07. The lowest BCUT2D eigenvalue weighted by atomic mass is 10.1. The van der Waals surface area contributed by atoms with Crippen molar-refractivity contribution in [1.29, 1.82) is 0 Å². The first-order valence-electron chi connectivity index (χ1n) is 5.30. The van der Waals surface area contributed by atoms with Gasteiger partial charge in [-0.3, -0.25) is 9.89 Å². The van der Waals surface area contributed by atoms with Crippen LogP contribution in [0.2, 0.25) is 0 Å². The molecule has 0 bridgehead atoms. The van der Waals surface area contributed by atoms with Crippen LogP contribution in [0, 0.1) is 6.92 Å². The molecule has 3 N–H and O–H groups in total. The lowest BCUT2D eigenvalue weighted by Crippen LogP contribution is -2.14. The number of aromatic amines is 1. The largest absolute Gasteiger partial charge is 0.387 e. The van der Waals surface area contributed by atoms with Gasteiger partial charge in [-0.2, -0.15) is 5.10 Å². The van der Waals surface area contributed by atoms with Gasteiger partial charge in [0.1, 0.15) is 5.82 Å². The van der Waals surface area contributed by atoms with E-state index in [1.165, 1.54) is 0 Å². The van der Waals surface area contributed by atoms with E-state index in [1.54, 1.807) is 19.3 Å². The normalized spacial score (nSPS) is 10.0. The van der Waals surface area contributed by atoms with Gasteiger partial charge in [-0.05, 0) is 19.1 Å². The van der Waals surface area contributed by atoms with Crippen LogP contribution in [-0.4, -0.2) is 23.2 Å². The molecule has 1 aromatic heterocycles. The number of rotatable bonds is 3. The maximum Gasteiger partial charge on any atom is 0.258 e. The Labute approximate surface area is 99.2 Å². The van der Waals surface area contributed by atoms with Crippen LogP contribution < -0.4 is 10.6 Å². The molecule has 88 valence electrons. The minimum atomic E-state index is -0.165. The van der Waals surface area contributed by atoms with Crippen molar-refractivity contribution in [3.05, 3.63) is 41.6 Å². The number of aromatic nitrogens is 2. The van der Waals surface area contributed by atoms with Gasteiger partial charge in [0.25, 0.3) is 5.91 Å². The Morgan fingerprint density at radius 2 is 2.12 bits per heavy atom. The summed E-state index contributed by atoms with van der Waals surface area (Å²) in [6.07, 6.45) is 1.67. The summed E-state index contributed by atoms with van der Waals surface area (Å²) in [6.45, 7) is 1.88. The van der Waals surface area contributed by atoms with Crippen molar-refractivity contribution >= 4 is 17.4 Å². The van der Waals surface area contributed by atoms with Crippen LogP contribution in [-0.2, 0) is 0 Å². The number of amides is 1. The highest BCUT2D eigenvalue weighted by atomic mass is 16.1. The van der Waals surface area contributed by atoms with Crippen LogP contribution in [0.3, 0.4) is 0 Å². The molecule has 2 rings (SSSR count). The van der Waals surface area contributed by atoms with Crippen molar-refractivity contribution in [2.24, 2.45) is 0 Å². The summed E-state index contributed by atoms with van der Waals surface area (Å²) in [5.41, 5.74) is 2.30. The number of aryl methyl sites for hydroxylation is 1. The molecule has 0 atom stereocenters. The molecule has 17 heavy (non-hydrogen) atoms. The number of benzene rings is 1. The summed E-state index contributed by atoms with van der Waals surface area (Å²) in [4.78, 5) is 12.0. The predicted molar refractivity (Wildman–Crippen MR) is 67.3 cm³/mol. The second kappa shape index (κ2) is 4.69. The second-order valence-electron chi connectivity index (χ2n) is 3.68. The summed E-state index contributed by atoms with van der Waals surface area (Å²) in [5, 5.41) is 12.4. The summed E-state index contributed by atoms with van der Waals surface area (Å²) in [7, 11) is 1.79. The van der Waals surface area contributed by atoms with E-state index in [0.29, 0.717) is 11.4 Å². The zero-order valence-electron chi connectivity index (χ0n) is 9.74. The van der Waals surface area contributed by atoms with E-state index in [1.807, 2.05) is 25.1 Å². The van der Waals surface area contributed by atoms with Crippen LogP contribution >= 0.6 is 0 Å². The molecule has 0 spiro atoms. The van der Waals surface area contributed by atoms with Gasteiger partial charge in [-0.15, -0.1) is 0 Å². The predicted octanol–water partition coefficient (Wildman–Crippen LogP) is 2.01. The maximum absolute atomic E-state index is 12.0. The average molecular weight is 230 g/mol. The standard InChI is InChI=1S/C12H14N4O/c1-8-7-14-16-11(8)15-12(17)9-5-3-4-6-10(9)13-2/h3-7,13H,1-2H3,(H2,14,15,16,17). The monoisotopic (exact) mass is 230 g/mol. The van der Waals surface area contributed by atoms with Crippen LogP contribution in [0.15, 0.2) is 30.5 Å². The van der Waals surface area contributed by atoms with Gasteiger partial charge in [-0.1, -0.05) is 12.1 Å². The van der Waals surface area contributed by atoms with Crippen LogP contribution in [0.5, 0.6) is 0 Å². The molecule has 0 unspecified atom stereocenters. The molecule has 0 saturated heterocycles. The summed E-state index contributed by atoms with van der Waals surface area (Å²) in [5.74, 6) is 0.461. The van der Waals surface area contributed by atoms with E-state index in [-0.39, 0.29) is 5.91 Å². The van der Waals surface area contributed by atoms with Gasteiger partial charge in [0, 0.05) is 18.3 Å². The zero-order valence-corrected chi connectivity index (χ0v) is 9.74. The van der Waals surface area contributed by atoms with Crippen LogP contribution in [0.25, 0.3) is 0 Å². The van der Waals surface area contributed by atoms with E-state index in [4.69, 9.17) is 0 Å². The number of para-hydroxylation sites is 1. The van der Waals surface area contributed by atoms with E-state index in [0.717, 1.165) is 11.3 Å². The van der Waals surface area contributed by atoms with E-state index >= 15 is 0 Å². The number of hydrogen-bond donors (Lipinski definition) is 3. The van der Waals surface area contributed by atoms with E-state index in [9.17, 15) is 4.79 Å². The van der Waals surface area contributed by atoms with Gasteiger partial charge < -0.3 is 10.6 Å². The summed E-state index contributed by atoms with van der Waals surface area (Å²) in [6, 6.07) is 7.33. The minimum absolute atomic E-state index is 0.165. The lowest BCUT2D eigenvalue weighted by Gasteiger charge is -2.08. The molecule has 5 heteroatoms. The molecular formula is C12H14N4O. The third-order valence-electron chi connectivity index (χ3n) is 2.51. The molecule has 1 heterocycles. The maximum atomic E-state index is 12.0. The summed E-state index contributed by atoms with van der Waals surface area (Å²) >= 11 is 0. The van der Waals surface area contributed by atoms with Crippen molar-refractivity contribution in [3.63, 3.8) is 0 Å².